The molecule has 1 saturated heterocycles. The summed E-state index contributed by atoms with van der Waals surface area (Å²) in [6.45, 7) is 3.62. The monoisotopic (exact) mass is 562 g/mol. The molecule has 0 aromatic heterocycles. The quantitative estimate of drug-likeness (QED) is 0.285. The van der Waals surface area contributed by atoms with Gasteiger partial charge in [0.25, 0.3) is 5.91 Å². The van der Waals surface area contributed by atoms with Gasteiger partial charge in [-0.3, -0.25) is 4.79 Å². The highest BCUT2D eigenvalue weighted by atomic mass is 35.5. The van der Waals surface area contributed by atoms with E-state index in [1.807, 2.05) is 18.2 Å². The average molecular weight is 564 g/mol. The summed E-state index contributed by atoms with van der Waals surface area (Å²) in [4.78, 5) is 15.4. The van der Waals surface area contributed by atoms with Crippen molar-refractivity contribution >= 4 is 52.3 Å². The molecular formula is C29H30Cl4N2O. The van der Waals surface area contributed by atoms with Crippen LogP contribution < -0.4 is 5.32 Å². The van der Waals surface area contributed by atoms with Gasteiger partial charge in [-0.1, -0.05) is 82.8 Å². The van der Waals surface area contributed by atoms with Crippen LogP contribution in [0.15, 0.2) is 66.7 Å². The first-order valence-electron chi connectivity index (χ1n) is 12.3. The van der Waals surface area contributed by atoms with Gasteiger partial charge in [-0.2, -0.15) is 0 Å². The number of nitrogens with zero attached hydrogens (tertiary/aromatic N) is 1. The topological polar surface area (TPSA) is 32.3 Å². The fourth-order valence-corrected chi connectivity index (χ4v) is 5.64. The molecule has 4 rings (SSSR count). The number of benzene rings is 3. The van der Waals surface area contributed by atoms with E-state index < -0.39 is 0 Å². The molecule has 1 atom stereocenters. The van der Waals surface area contributed by atoms with E-state index in [1.54, 1.807) is 18.2 Å². The van der Waals surface area contributed by atoms with Crippen molar-refractivity contribution in [3.05, 3.63) is 104 Å². The van der Waals surface area contributed by atoms with Crippen molar-refractivity contribution in [3.8, 4) is 0 Å². The van der Waals surface area contributed by atoms with Gasteiger partial charge >= 0.3 is 0 Å². The summed E-state index contributed by atoms with van der Waals surface area (Å²) in [7, 11) is 0. The molecule has 0 aliphatic carbocycles. The summed E-state index contributed by atoms with van der Waals surface area (Å²) in [5.41, 5.74) is 2.90. The van der Waals surface area contributed by atoms with E-state index in [0.29, 0.717) is 32.2 Å². The number of hydrogen-bond donors (Lipinski definition) is 1. The van der Waals surface area contributed by atoms with Crippen LogP contribution in [0.1, 0.15) is 46.7 Å². The minimum atomic E-state index is -0.219. The van der Waals surface area contributed by atoms with Crippen molar-refractivity contribution in [1.82, 2.24) is 10.2 Å². The third kappa shape index (κ3) is 7.63. The van der Waals surface area contributed by atoms with Gasteiger partial charge in [0.2, 0.25) is 0 Å². The van der Waals surface area contributed by atoms with Crippen molar-refractivity contribution in [2.45, 2.75) is 31.6 Å². The Morgan fingerprint density at radius 1 is 0.889 bits per heavy atom. The molecule has 36 heavy (non-hydrogen) atoms. The van der Waals surface area contributed by atoms with Crippen LogP contribution in [0.2, 0.25) is 20.1 Å². The van der Waals surface area contributed by atoms with E-state index in [1.165, 1.54) is 18.4 Å². The molecule has 1 fully saturated rings. The highest BCUT2D eigenvalue weighted by Gasteiger charge is 2.22. The van der Waals surface area contributed by atoms with E-state index in [4.69, 9.17) is 46.4 Å². The van der Waals surface area contributed by atoms with E-state index in [9.17, 15) is 4.79 Å². The minimum absolute atomic E-state index is 0.0943. The number of carbonyl (C=O) groups is 1. The number of nitrogens with one attached hydrogen (secondary N) is 1. The Kier molecular flexibility index (Phi) is 9.98. The Balaban J connectivity index is 1.35. The Labute approximate surface area is 233 Å². The molecule has 1 unspecified atom stereocenters. The van der Waals surface area contributed by atoms with Crippen LogP contribution in [0, 0.1) is 5.92 Å². The zero-order chi connectivity index (χ0) is 25.5. The summed E-state index contributed by atoms with van der Waals surface area (Å²) in [6, 6.07) is 21.4. The van der Waals surface area contributed by atoms with Crippen molar-refractivity contribution < 1.29 is 4.79 Å². The summed E-state index contributed by atoms with van der Waals surface area (Å²) in [6.07, 6.45) is 4.46. The summed E-state index contributed by atoms with van der Waals surface area (Å²) in [5, 5.41) is 4.93. The van der Waals surface area contributed by atoms with Crippen LogP contribution in [0.4, 0.5) is 0 Å². The maximum atomic E-state index is 12.8. The zero-order valence-electron chi connectivity index (χ0n) is 20.0. The minimum Gasteiger partial charge on any atom is -0.351 e. The van der Waals surface area contributed by atoms with Crippen molar-refractivity contribution in [3.63, 3.8) is 0 Å². The van der Waals surface area contributed by atoms with Gasteiger partial charge < -0.3 is 10.2 Å². The zero-order valence-corrected chi connectivity index (χ0v) is 23.1. The third-order valence-corrected chi connectivity index (χ3v) is 8.25. The number of rotatable bonds is 9. The van der Waals surface area contributed by atoms with Crippen molar-refractivity contribution in [1.29, 1.82) is 0 Å². The van der Waals surface area contributed by atoms with Gasteiger partial charge in [-0.05, 0) is 92.7 Å². The fourth-order valence-electron chi connectivity index (χ4n) is 4.84. The SMILES string of the molecule is O=C(NCC(CCN1CCC(Cc2ccccc2)CC1)c1ccc(Cl)c(Cl)c1)c1ccc(Cl)cc1Cl. The molecule has 1 heterocycles. The van der Waals surface area contributed by atoms with Gasteiger partial charge in [0, 0.05) is 17.5 Å². The van der Waals surface area contributed by atoms with Crippen LogP contribution in [-0.4, -0.2) is 37.0 Å². The van der Waals surface area contributed by atoms with Gasteiger partial charge in [0.05, 0.1) is 20.6 Å². The van der Waals surface area contributed by atoms with Crippen LogP contribution in [-0.2, 0) is 6.42 Å². The van der Waals surface area contributed by atoms with Crippen LogP contribution in [0.3, 0.4) is 0 Å². The molecule has 3 aromatic carbocycles. The summed E-state index contributed by atoms with van der Waals surface area (Å²) >= 11 is 24.7. The van der Waals surface area contributed by atoms with Crippen LogP contribution >= 0.6 is 46.4 Å². The lowest BCUT2D eigenvalue weighted by atomic mass is 9.89. The van der Waals surface area contributed by atoms with E-state index >= 15 is 0 Å². The van der Waals surface area contributed by atoms with Gasteiger partial charge in [-0.15, -0.1) is 0 Å². The molecule has 0 radical (unpaired) electrons. The molecular weight excluding hydrogens is 534 g/mol. The Bertz CT molecular complexity index is 1160. The molecule has 0 saturated carbocycles. The molecule has 3 aromatic rings. The van der Waals surface area contributed by atoms with Gasteiger partial charge in [0.15, 0.2) is 0 Å². The molecule has 7 heteroatoms. The number of piperidine rings is 1. The predicted octanol–water partition coefficient (Wildman–Crippen LogP) is 8.16. The van der Waals surface area contributed by atoms with Crippen LogP contribution in [0.5, 0.6) is 0 Å². The van der Waals surface area contributed by atoms with Crippen molar-refractivity contribution in [2.24, 2.45) is 5.92 Å². The average Bonchev–Trinajstić information content (AvgIpc) is 2.87. The maximum Gasteiger partial charge on any atom is 0.252 e. The smallest absolute Gasteiger partial charge is 0.252 e. The lowest BCUT2D eigenvalue weighted by molar-refractivity contribution is 0.0949. The number of hydrogen-bond acceptors (Lipinski definition) is 2. The van der Waals surface area contributed by atoms with Crippen molar-refractivity contribution in [2.75, 3.05) is 26.2 Å². The number of carbonyl (C=O) groups excluding carboxylic acids is 1. The summed E-state index contributed by atoms with van der Waals surface area (Å²) < 4.78 is 0. The third-order valence-electron chi connectivity index (χ3n) is 6.97. The Morgan fingerprint density at radius 3 is 2.33 bits per heavy atom. The van der Waals surface area contributed by atoms with E-state index in [2.05, 4.69) is 40.5 Å². The Morgan fingerprint density at radius 2 is 1.64 bits per heavy atom. The van der Waals surface area contributed by atoms with Gasteiger partial charge in [-0.25, -0.2) is 0 Å². The molecule has 1 aliphatic heterocycles. The fraction of sp³-hybridized carbons (Fsp3) is 0.345. The van der Waals surface area contributed by atoms with Gasteiger partial charge in [0.1, 0.15) is 0 Å². The normalized spacial score (nSPS) is 15.6. The first-order valence-corrected chi connectivity index (χ1v) is 13.8. The maximum absolute atomic E-state index is 12.8. The second-order valence-electron chi connectivity index (χ2n) is 9.47. The first-order chi connectivity index (χ1) is 17.4. The molecule has 0 spiro atoms. The first kappa shape index (κ1) is 27.3. The predicted molar refractivity (Wildman–Crippen MR) is 152 cm³/mol. The van der Waals surface area contributed by atoms with E-state index in [-0.39, 0.29) is 11.8 Å². The second-order valence-corrected chi connectivity index (χ2v) is 11.1. The lowest BCUT2D eigenvalue weighted by Gasteiger charge is -2.33. The number of likely N-dealkylation sites (tertiary alicyclic amines) is 1. The highest BCUT2D eigenvalue weighted by Crippen LogP contribution is 2.29. The molecule has 0 bridgehead atoms. The molecule has 1 aliphatic rings. The molecule has 190 valence electrons. The Hall–Kier alpha value is -1.75. The van der Waals surface area contributed by atoms with E-state index in [0.717, 1.165) is 44.0 Å². The number of amides is 1. The van der Waals surface area contributed by atoms with Crippen LogP contribution in [0.25, 0.3) is 0 Å². The standard InChI is InChI=1S/C29H30Cl4N2O/c30-24-7-8-25(27(32)18-24)29(36)34-19-23(22-6-9-26(31)28(33)17-22)12-15-35-13-10-21(11-14-35)16-20-4-2-1-3-5-20/h1-9,17-18,21,23H,10-16,19H2,(H,34,36). The largest absolute Gasteiger partial charge is 0.351 e. The summed E-state index contributed by atoms with van der Waals surface area (Å²) in [5.74, 6) is 0.609. The molecule has 3 nitrogen and oxygen atoms in total. The molecule has 1 amide bonds. The highest BCUT2D eigenvalue weighted by molar-refractivity contribution is 6.42. The molecule has 1 N–H and O–H groups in total. The number of halogens is 4. The lowest BCUT2D eigenvalue weighted by Crippen LogP contribution is -2.36. The second kappa shape index (κ2) is 13.2.